The average molecular weight is 355 g/mol. The zero-order valence-corrected chi connectivity index (χ0v) is 12.7. The Morgan fingerprint density at radius 2 is 2.05 bits per heavy atom. The summed E-state index contributed by atoms with van der Waals surface area (Å²) in [5.74, 6) is -0.318. The fourth-order valence-electron chi connectivity index (χ4n) is 1.52. The van der Waals surface area contributed by atoms with Gasteiger partial charge in [0.05, 0.1) is 24.9 Å². The summed E-state index contributed by atoms with van der Waals surface area (Å²) < 4.78 is 16.1. The molecule has 8 heteroatoms. The number of carboxylic acid groups (broad SMARTS) is 1. The summed E-state index contributed by atoms with van der Waals surface area (Å²) in [4.78, 5) is 19.1. The number of carboxylic acids is 1. The van der Waals surface area contributed by atoms with Crippen LogP contribution in [0.1, 0.15) is 10.4 Å². The average Bonchev–Trinajstić information content (AvgIpc) is 2.48. The molecule has 0 saturated carbocycles. The van der Waals surface area contributed by atoms with E-state index >= 15 is 0 Å². The summed E-state index contributed by atoms with van der Waals surface area (Å²) in [6.45, 7) is 0. The predicted octanol–water partition coefficient (Wildman–Crippen LogP) is 2.75. The molecule has 1 aromatic heterocycles. The van der Waals surface area contributed by atoms with Crippen LogP contribution < -0.4 is 14.2 Å². The van der Waals surface area contributed by atoms with Gasteiger partial charge in [-0.1, -0.05) is 0 Å². The van der Waals surface area contributed by atoms with Gasteiger partial charge in [-0.15, -0.1) is 0 Å². The zero-order valence-electron chi connectivity index (χ0n) is 11.2. The first-order valence-electron chi connectivity index (χ1n) is 5.71. The SMILES string of the molecule is COc1ccc(C(=O)O)c(Oc2ncc(Br)c(OC)n2)c1. The van der Waals surface area contributed by atoms with Crippen molar-refractivity contribution in [1.29, 1.82) is 0 Å². The number of nitrogens with zero attached hydrogens (tertiary/aromatic N) is 2. The summed E-state index contributed by atoms with van der Waals surface area (Å²) in [7, 11) is 2.92. The number of benzene rings is 1. The van der Waals surface area contributed by atoms with Crippen molar-refractivity contribution in [2.75, 3.05) is 14.2 Å². The fourth-order valence-corrected chi connectivity index (χ4v) is 1.87. The molecule has 110 valence electrons. The standard InChI is InChI=1S/C13H11BrN2O5/c1-19-7-3-4-8(12(17)18)10(5-7)21-13-15-6-9(14)11(16-13)20-2/h3-6H,1-2H3,(H,17,18). The van der Waals surface area contributed by atoms with Crippen LogP contribution in [0.2, 0.25) is 0 Å². The number of carbonyl (C=O) groups is 1. The number of hydrogen-bond donors (Lipinski definition) is 1. The van der Waals surface area contributed by atoms with Crippen LogP contribution in [0.4, 0.5) is 0 Å². The lowest BCUT2D eigenvalue weighted by molar-refractivity contribution is 0.0694. The Labute approximate surface area is 128 Å². The van der Waals surface area contributed by atoms with E-state index in [-0.39, 0.29) is 23.2 Å². The van der Waals surface area contributed by atoms with Crippen LogP contribution in [0.25, 0.3) is 0 Å². The van der Waals surface area contributed by atoms with Crippen LogP contribution in [0.5, 0.6) is 23.4 Å². The van der Waals surface area contributed by atoms with Crippen molar-refractivity contribution in [1.82, 2.24) is 9.97 Å². The van der Waals surface area contributed by atoms with E-state index in [1.807, 2.05) is 0 Å². The molecule has 0 radical (unpaired) electrons. The van der Waals surface area contributed by atoms with Gasteiger partial charge in [0.1, 0.15) is 17.1 Å². The molecule has 2 rings (SSSR count). The molecular weight excluding hydrogens is 344 g/mol. The number of methoxy groups -OCH3 is 2. The minimum Gasteiger partial charge on any atom is -0.497 e. The normalized spacial score (nSPS) is 10.0. The lowest BCUT2D eigenvalue weighted by Crippen LogP contribution is -2.02. The molecule has 0 fully saturated rings. The Hall–Kier alpha value is -2.35. The second-order valence-corrected chi connectivity index (χ2v) is 4.63. The summed E-state index contributed by atoms with van der Waals surface area (Å²) in [5.41, 5.74) is -0.0266. The molecule has 0 spiro atoms. The van der Waals surface area contributed by atoms with Crippen LogP contribution in [0.3, 0.4) is 0 Å². The summed E-state index contributed by atoms with van der Waals surface area (Å²) in [5, 5.41) is 9.16. The number of aromatic carboxylic acids is 1. The van der Waals surface area contributed by atoms with Crippen LogP contribution in [-0.4, -0.2) is 35.3 Å². The maximum Gasteiger partial charge on any atom is 0.339 e. The predicted molar refractivity (Wildman–Crippen MR) is 76.3 cm³/mol. The fraction of sp³-hybridized carbons (Fsp3) is 0.154. The molecule has 0 saturated heterocycles. The summed E-state index contributed by atoms with van der Waals surface area (Å²) in [6, 6.07) is 4.32. The van der Waals surface area contributed by atoms with E-state index in [9.17, 15) is 4.79 Å². The van der Waals surface area contributed by atoms with Gasteiger partial charge in [-0.25, -0.2) is 9.78 Å². The minimum atomic E-state index is -1.13. The number of rotatable bonds is 5. The molecule has 0 aliphatic rings. The van der Waals surface area contributed by atoms with Gasteiger partial charge in [0, 0.05) is 6.07 Å². The zero-order chi connectivity index (χ0) is 15.4. The lowest BCUT2D eigenvalue weighted by Gasteiger charge is -2.10. The molecular formula is C13H11BrN2O5. The molecule has 0 aliphatic heterocycles. The third-order valence-corrected chi connectivity index (χ3v) is 3.05. The molecule has 7 nitrogen and oxygen atoms in total. The molecule has 0 amide bonds. The Bertz CT molecular complexity index is 678. The first-order valence-corrected chi connectivity index (χ1v) is 6.50. The second-order valence-electron chi connectivity index (χ2n) is 3.78. The van der Waals surface area contributed by atoms with Crippen LogP contribution >= 0.6 is 15.9 Å². The highest BCUT2D eigenvalue weighted by atomic mass is 79.9. The molecule has 0 atom stereocenters. The van der Waals surface area contributed by atoms with Crippen molar-refractivity contribution >= 4 is 21.9 Å². The highest BCUT2D eigenvalue weighted by Crippen LogP contribution is 2.30. The van der Waals surface area contributed by atoms with Gasteiger partial charge in [-0.3, -0.25) is 0 Å². The van der Waals surface area contributed by atoms with E-state index in [4.69, 9.17) is 19.3 Å². The molecule has 1 heterocycles. The van der Waals surface area contributed by atoms with E-state index in [1.165, 1.54) is 38.6 Å². The Balaban J connectivity index is 2.40. The molecule has 0 aliphatic carbocycles. The van der Waals surface area contributed by atoms with E-state index in [1.54, 1.807) is 0 Å². The van der Waals surface area contributed by atoms with Gasteiger partial charge in [0.2, 0.25) is 5.88 Å². The Morgan fingerprint density at radius 1 is 1.29 bits per heavy atom. The number of hydrogen-bond acceptors (Lipinski definition) is 6. The lowest BCUT2D eigenvalue weighted by atomic mass is 10.2. The van der Waals surface area contributed by atoms with Gasteiger partial charge in [0.25, 0.3) is 0 Å². The van der Waals surface area contributed by atoms with Crippen LogP contribution in [-0.2, 0) is 0 Å². The van der Waals surface area contributed by atoms with Gasteiger partial charge in [-0.2, -0.15) is 4.98 Å². The van der Waals surface area contributed by atoms with Gasteiger partial charge in [0.15, 0.2) is 0 Å². The van der Waals surface area contributed by atoms with Crippen molar-refractivity contribution < 1.29 is 24.1 Å². The van der Waals surface area contributed by atoms with E-state index in [0.29, 0.717) is 10.2 Å². The third-order valence-electron chi connectivity index (χ3n) is 2.50. The van der Waals surface area contributed by atoms with E-state index in [2.05, 4.69) is 25.9 Å². The molecule has 1 N–H and O–H groups in total. The maximum atomic E-state index is 11.2. The van der Waals surface area contributed by atoms with E-state index < -0.39 is 5.97 Å². The molecule has 2 aromatic rings. The van der Waals surface area contributed by atoms with Crippen molar-refractivity contribution in [3.05, 3.63) is 34.4 Å². The van der Waals surface area contributed by atoms with E-state index in [0.717, 1.165) is 0 Å². The minimum absolute atomic E-state index is 0.0266. The Morgan fingerprint density at radius 3 is 2.67 bits per heavy atom. The van der Waals surface area contributed by atoms with Crippen molar-refractivity contribution in [2.24, 2.45) is 0 Å². The second kappa shape index (κ2) is 6.40. The summed E-state index contributed by atoms with van der Waals surface area (Å²) in [6.07, 6.45) is 1.45. The number of aromatic nitrogens is 2. The first-order chi connectivity index (χ1) is 10.0. The molecule has 1 aromatic carbocycles. The third kappa shape index (κ3) is 3.40. The van der Waals surface area contributed by atoms with Crippen molar-refractivity contribution in [3.63, 3.8) is 0 Å². The first kappa shape index (κ1) is 15.0. The Kier molecular flexibility index (Phi) is 4.59. The monoisotopic (exact) mass is 354 g/mol. The van der Waals surface area contributed by atoms with Crippen molar-refractivity contribution in [2.45, 2.75) is 0 Å². The van der Waals surface area contributed by atoms with Crippen molar-refractivity contribution in [3.8, 4) is 23.4 Å². The largest absolute Gasteiger partial charge is 0.497 e. The highest BCUT2D eigenvalue weighted by molar-refractivity contribution is 9.10. The molecule has 0 unspecified atom stereocenters. The van der Waals surface area contributed by atoms with Gasteiger partial charge >= 0.3 is 12.0 Å². The number of halogens is 1. The molecule has 0 bridgehead atoms. The topological polar surface area (TPSA) is 90.8 Å². The van der Waals surface area contributed by atoms with Crippen LogP contribution in [0, 0.1) is 0 Å². The molecule has 21 heavy (non-hydrogen) atoms. The van der Waals surface area contributed by atoms with Crippen LogP contribution in [0.15, 0.2) is 28.9 Å². The van der Waals surface area contributed by atoms with Gasteiger partial charge in [-0.05, 0) is 28.1 Å². The smallest absolute Gasteiger partial charge is 0.339 e. The highest BCUT2D eigenvalue weighted by Gasteiger charge is 2.15. The number of ether oxygens (including phenoxy) is 3. The maximum absolute atomic E-state index is 11.2. The van der Waals surface area contributed by atoms with Gasteiger partial charge < -0.3 is 19.3 Å². The quantitative estimate of drug-likeness (QED) is 0.882. The summed E-state index contributed by atoms with van der Waals surface area (Å²) >= 11 is 3.22.